The van der Waals surface area contributed by atoms with Crippen molar-refractivity contribution in [1.82, 2.24) is 14.7 Å². The molecule has 1 aromatic heterocycles. The number of carboxylic acid groups (broad SMARTS) is 1. The molecule has 2 unspecified atom stereocenters. The van der Waals surface area contributed by atoms with E-state index >= 15 is 0 Å². The number of aliphatic carboxylic acids is 1. The van der Waals surface area contributed by atoms with Crippen LogP contribution in [0.5, 0.6) is 0 Å². The van der Waals surface area contributed by atoms with Crippen molar-refractivity contribution >= 4 is 17.6 Å². The molecule has 1 fully saturated rings. The van der Waals surface area contributed by atoms with E-state index in [9.17, 15) is 9.90 Å². The molecule has 1 aliphatic rings. The van der Waals surface area contributed by atoms with Crippen LogP contribution in [0.3, 0.4) is 0 Å². The predicted octanol–water partition coefficient (Wildman–Crippen LogP) is 3.21. The Labute approximate surface area is 140 Å². The molecule has 1 saturated heterocycles. The number of aromatic nitrogens is 2. The molecule has 3 rings (SSSR count). The molecular formula is C17H20ClN3O2. The SMILES string of the molecule is CC1CCC(C(=O)O)CN1Cc1cnn(-c2ccc(Cl)cc2)c1. The van der Waals surface area contributed by atoms with Crippen molar-refractivity contribution in [3.05, 3.63) is 47.2 Å². The molecule has 122 valence electrons. The van der Waals surface area contributed by atoms with Crippen molar-refractivity contribution < 1.29 is 9.90 Å². The van der Waals surface area contributed by atoms with Crippen LogP contribution in [0.2, 0.25) is 5.02 Å². The van der Waals surface area contributed by atoms with Gasteiger partial charge in [-0.3, -0.25) is 9.69 Å². The molecule has 0 radical (unpaired) electrons. The van der Waals surface area contributed by atoms with Crippen LogP contribution in [-0.2, 0) is 11.3 Å². The lowest BCUT2D eigenvalue weighted by atomic mass is 9.93. The third-order valence-corrected chi connectivity index (χ3v) is 4.73. The Kier molecular flexibility index (Phi) is 4.68. The first-order chi connectivity index (χ1) is 11.0. The van der Waals surface area contributed by atoms with Crippen LogP contribution in [0, 0.1) is 5.92 Å². The summed E-state index contributed by atoms with van der Waals surface area (Å²) in [5, 5.41) is 14.3. The van der Waals surface area contributed by atoms with Gasteiger partial charge in [-0.2, -0.15) is 5.10 Å². The Hall–Kier alpha value is -1.85. The first-order valence-corrected chi connectivity index (χ1v) is 8.17. The summed E-state index contributed by atoms with van der Waals surface area (Å²) in [6, 6.07) is 7.90. The van der Waals surface area contributed by atoms with E-state index in [1.54, 1.807) is 0 Å². The second-order valence-electron chi connectivity index (χ2n) is 6.16. The van der Waals surface area contributed by atoms with E-state index in [4.69, 9.17) is 11.6 Å². The van der Waals surface area contributed by atoms with Gasteiger partial charge in [-0.05, 0) is 44.0 Å². The molecule has 23 heavy (non-hydrogen) atoms. The minimum Gasteiger partial charge on any atom is -0.481 e. The fourth-order valence-electron chi connectivity index (χ4n) is 3.01. The van der Waals surface area contributed by atoms with E-state index in [1.807, 2.05) is 41.3 Å². The summed E-state index contributed by atoms with van der Waals surface area (Å²) in [6.45, 7) is 3.48. The Morgan fingerprint density at radius 3 is 2.78 bits per heavy atom. The third kappa shape index (κ3) is 3.74. The summed E-state index contributed by atoms with van der Waals surface area (Å²) < 4.78 is 1.81. The van der Waals surface area contributed by atoms with Crippen LogP contribution in [0.4, 0.5) is 0 Å². The molecular weight excluding hydrogens is 314 g/mol. The number of hydrogen-bond acceptors (Lipinski definition) is 3. The van der Waals surface area contributed by atoms with Gasteiger partial charge in [0.2, 0.25) is 0 Å². The average molecular weight is 334 g/mol. The summed E-state index contributed by atoms with van der Waals surface area (Å²) in [5.74, 6) is -0.962. The highest BCUT2D eigenvalue weighted by molar-refractivity contribution is 6.30. The van der Waals surface area contributed by atoms with Crippen LogP contribution in [0.15, 0.2) is 36.7 Å². The van der Waals surface area contributed by atoms with Crippen molar-refractivity contribution in [2.75, 3.05) is 6.54 Å². The molecule has 0 amide bonds. The standard InChI is InChI=1S/C17H20ClN3O2/c1-12-2-3-14(17(22)23)11-20(12)9-13-8-19-21(10-13)16-6-4-15(18)5-7-16/h4-8,10,12,14H,2-3,9,11H2,1H3,(H,22,23). The molecule has 1 aliphatic heterocycles. The van der Waals surface area contributed by atoms with E-state index in [0.29, 0.717) is 17.6 Å². The molecule has 0 bridgehead atoms. The first-order valence-electron chi connectivity index (χ1n) is 7.79. The lowest BCUT2D eigenvalue weighted by Crippen LogP contribution is -2.43. The summed E-state index contributed by atoms with van der Waals surface area (Å²) in [5.41, 5.74) is 2.04. The van der Waals surface area contributed by atoms with Crippen molar-refractivity contribution in [1.29, 1.82) is 0 Å². The van der Waals surface area contributed by atoms with E-state index < -0.39 is 5.97 Å². The maximum Gasteiger partial charge on any atom is 0.307 e. The molecule has 0 saturated carbocycles. The van der Waals surface area contributed by atoms with Crippen LogP contribution < -0.4 is 0 Å². The molecule has 6 heteroatoms. The lowest BCUT2D eigenvalue weighted by molar-refractivity contribution is -0.144. The maximum absolute atomic E-state index is 11.2. The number of benzene rings is 1. The number of piperidine rings is 1. The van der Waals surface area contributed by atoms with Gasteiger partial charge in [0.25, 0.3) is 0 Å². The number of halogens is 1. The van der Waals surface area contributed by atoms with Gasteiger partial charge in [-0.1, -0.05) is 11.6 Å². The fourth-order valence-corrected chi connectivity index (χ4v) is 3.14. The highest BCUT2D eigenvalue weighted by Gasteiger charge is 2.29. The van der Waals surface area contributed by atoms with E-state index in [0.717, 1.165) is 30.6 Å². The van der Waals surface area contributed by atoms with E-state index in [1.165, 1.54) is 0 Å². The second-order valence-corrected chi connectivity index (χ2v) is 6.60. The largest absolute Gasteiger partial charge is 0.481 e. The van der Waals surface area contributed by atoms with Gasteiger partial charge < -0.3 is 5.11 Å². The normalized spacial score (nSPS) is 22.2. The number of rotatable bonds is 4. The lowest BCUT2D eigenvalue weighted by Gasteiger charge is -2.36. The topological polar surface area (TPSA) is 58.4 Å². The second kappa shape index (κ2) is 6.72. The van der Waals surface area contributed by atoms with Crippen LogP contribution in [-0.4, -0.2) is 38.3 Å². The summed E-state index contributed by atoms with van der Waals surface area (Å²) >= 11 is 5.90. The smallest absolute Gasteiger partial charge is 0.307 e. The molecule has 2 atom stereocenters. The first kappa shape index (κ1) is 16.0. The predicted molar refractivity (Wildman–Crippen MR) is 88.8 cm³/mol. The number of carbonyl (C=O) groups is 1. The highest BCUT2D eigenvalue weighted by Crippen LogP contribution is 2.24. The van der Waals surface area contributed by atoms with Crippen LogP contribution in [0.25, 0.3) is 5.69 Å². The quantitative estimate of drug-likeness (QED) is 0.933. The monoisotopic (exact) mass is 333 g/mol. The van der Waals surface area contributed by atoms with Gasteiger partial charge in [0.1, 0.15) is 0 Å². The summed E-state index contributed by atoms with van der Waals surface area (Å²) in [6.07, 6.45) is 5.51. The Morgan fingerprint density at radius 1 is 1.35 bits per heavy atom. The van der Waals surface area contributed by atoms with E-state index in [-0.39, 0.29) is 5.92 Å². The zero-order valence-electron chi connectivity index (χ0n) is 13.0. The maximum atomic E-state index is 11.2. The average Bonchev–Trinajstić information content (AvgIpc) is 2.98. The molecule has 0 spiro atoms. The Morgan fingerprint density at radius 2 is 2.09 bits per heavy atom. The molecule has 1 N–H and O–H groups in total. The van der Waals surface area contributed by atoms with Gasteiger partial charge in [-0.15, -0.1) is 0 Å². The van der Waals surface area contributed by atoms with Gasteiger partial charge in [0, 0.05) is 35.9 Å². The van der Waals surface area contributed by atoms with Gasteiger partial charge in [0.05, 0.1) is 17.8 Å². The molecule has 2 heterocycles. The molecule has 1 aromatic carbocycles. The van der Waals surface area contributed by atoms with Crippen LogP contribution >= 0.6 is 11.6 Å². The number of likely N-dealkylation sites (tertiary alicyclic amines) is 1. The third-order valence-electron chi connectivity index (χ3n) is 4.47. The highest BCUT2D eigenvalue weighted by atomic mass is 35.5. The van der Waals surface area contributed by atoms with E-state index in [2.05, 4.69) is 16.9 Å². The minimum atomic E-state index is -0.696. The fraction of sp³-hybridized carbons (Fsp3) is 0.412. The van der Waals surface area contributed by atoms with Gasteiger partial charge >= 0.3 is 5.97 Å². The minimum absolute atomic E-state index is 0.266. The zero-order valence-corrected chi connectivity index (χ0v) is 13.8. The summed E-state index contributed by atoms with van der Waals surface area (Å²) in [7, 11) is 0. The Bertz CT molecular complexity index is 683. The zero-order chi connectivity index (χ0) is 16.4. The molecule has 2 aromatic rings. The Balaban J connectivity index is 1.70. The number of nitrogens with zero attached hydrogens (tertiary/aromatic N) is 3. The van der Waals surface area contributed by atoms with Crippen molar-refractivity contribution in [2.24, 2.45) is 5.92 Å². The summed E-state index contributed by atoms with van der Waals surface area (Å²) in [4.78, 5) is 13.4. The number of hydrogen-bond donors (Lipinski definition) is 1. The molecule has 0 aliphatic carbocycles. The van der Waals surface area contributed by atoms with Crippen molar-refractivity contribution in [3.8, 4) is 5.69 Å². The number of carboxylic acids is 1. The van der Waals surface area contributed by atoms with Gasteiger partial charge in [-0.25, -0.2) is 4.68 Å². The van der Waals surface area contributed by atoms with Crippen LogP contribution in [0.1, 0.15) is 25.3 Å². The van der Waals surface area contributed by atoms with Crippen molar-refractivity contribution in [2.45, 2.75) is 32.4 Å². The van der Waals surface area contributed by atoms with Crippen molar-refractivity contribution in [3.63, 3.8) is 0 Å². The van der Waals surface area contributed by atoms with Gasteiger partial charge in [0.15, 0.2) is 0 Å². The molecule has 5 nitrogen and oxygen atoms in total.